The van der Waals surface area contributed by atoms with Gasteiger partial charge in [0, 0.05) is 33.7 Å². The highest BCUT2D eigenvalue weighted by molar-refractivity contribution is 7.87. The van der Waals surface area contributed by atoms with Crippen molar-refractivity contribution < 1.29 is 12.8 Å². The van der Waals surface area contributed by atoms with Gasteiger partial charge in [-0.3, -0.25) is 0 Å². The molecular weight excluding hydrogens is 281 g/mol. The van der Waals surface area contributed by atoms with Crippen LogP contribution in [-0.2, 0) is 16.8 Å². The summed E-state index contributed by atoms with van der Waals surface area (Å²) in [6, 6.07) is 4.69. The highest BCUT2D eigenvalue weighted by atomic mass is 32.2. The molecule has 0 aliphatic rings. The van der Waals surface area contributed by atoms with Crippen LogP contribution in [0.1, 0.15) is 19.4 Å². The minimum atomic E-state index is -3.51. The molecule has 0 aliphatic carbocycles. The Kier molecular flexibility index (Phi) is 5.91. The number of benzene rings is 1. The van der Waals surface area contributed by atoms with Crippen molar-refractivity contribution in [3.8, 4) is 0 Å². The van der Waals surface area contributed by atoms with Gasteiger partial charge in [-0.25, -0.2) is 4.39 Å². The van der Waals surface area contributed by atoms with Crippen molar-refractivity contribution in [2.45, 2.75) is 20.4 Å². The van der Waals surface area contributed by atoms with Crippen LogP contribution >= 0.6 is 0 Å². The SMILES string of the molecule is CCN(CC)S(=O)(=O)NCc1ccc(N(C)C)c(F)c1. The van der Waals surface area contributed by atoms with Crippen LogP contribution < -0.4 is 9.62 Å². The van der Waals surface area contributed by atoms with Crippen LogP contribution in [-0.4, -0.2) is 39.9 Å². The Balaban J connectivity index is 2.78. The summed E-state index contributed by atoms with van der Waals surface area (Å²) in [5.74, 6) is -0.366. The molecule has 0 bridgehead atoms. The molecule has 0 saturated carbocycles. The number of nitrogens with zero attached hydrogens (tertiary/aromatic N) is 2. The fourth-order valence-electron chi connectivity index (χ4n) is 1.85. The number of rotatable bonds is 7. The molecular formula is C13H22FN3O2S. The lowest BCUT2D eigenvalue weighted by molar-refractivity contribution is 0.434. The van der Waals surface area contributed by atoms with Crippen molar-refractivity contribution >= 4 is 15.9 Å². The van der Waals surface area contributed by atoms with Crippen molar-refractivity contribution in [3.63, 3.8) is 0 Å². The molecule has 5 nitrogen and oxygen atoms in total. The van der Waals surface area contributed by atoms with E-state index in [1.54, 1.807) is 45.0 Å². The summed E-state index contributed by atoms with van der Waals surface area (Å²) in [5, 5.41) is 0. The van der Waals surface area contributed by atoms with Gasteiger partial charge in [0.25, 0.3) is 10.2 Å². The van der Waals surface area contributed by atoms with E-state index < -0.39 is 10.2 Å². The lowest BCUT2D eigenvalue weighted by Gasteiger charge is -2.19. The quantitative estimate of drug-likeness (QED) is 0.832. The van der Waals surface area contributed by atoms with Gasteiger partial charge in [-0.1, -0.05) is 19.9 Å². The zero-order chi connectivity index (χ0) is 15.3. The fraction of sp³-hybridized carbons (Fsp3) is 0.538. The maximum absolute atomic E-state index is 13.8. The molecule has 7 heteroatoms. The zero-order valence-corrected chi connectivity index (χ0v) is 13.2. The van der Waals surface area contributed by atoms with Crippen LogP contribution in [0.5, 0.6) is 0 Å². The van der Waals surface area contributed by atoms with E-state index in [4.69, 9.17) is 0 Å². The first-order valence-corrected chi connectivity index (χ1v) is 7.96. The smallest absolute Gasteiger partial charge is 0.279 e. The Morgan fingerprint density at radius 3 is 2.25 bits per heavy atom. The normalized spacial score (nSPS) is 11.9. The summed E-state index contributed by atoms with van der Waals surface area (Å²) in [7, 11) is -0.00722. The minimum absolute atomic E-state index is 0.0729. The predicted molar refractivity (Wildman–Crippen MR) is 79.4 cm³/mol. The first kappa shape index (κ1) is 16.9. The number of halogens is 1. The molecule has 1 rings (SSSR count). The van der Waals surface area contributed by atoms with Gasteiger partial charge < -0.3 is 4.90 Å². The third-order valence-electron chi connectivity index (χ3n) is 3.00. The standard InChI is InChI=1S/C13H22FN3O2S/c1-5-17(6-2)20(18,19)15-10-11-7-8-13(16(3)4)12(14)9-11/h7-9,15H,5-6,10H2,1-4H3. The Labute approximate surface area is 120 Å². The summed E-state index contributed by atoms with van der Waals surface area (Å²) < 4.78 is 41.4. The van der Waals surface area contributed by atoms with Gasteiger partial charge in [0.2, 0.25) is 0 Å². The first-order valence-electron chi connectivity index (χ1n) is 6.52. The van der Waals surface area contributed by atoms with Crippen molar-refractivity contribution in [3.05, 3.63) is 29.6 Å². The monoisotopic (exact) mass is 303 g/mol. The van der Waals surface area contributed by atoms with E-state index in [-0.39, 0.29) is 12.4 Å². The summed E-state index contributed by atoms with van der Waals surface area (Å²) >= 11 is 0. The molecule has 114 valence electrons. The van der Waals surface area contributed by atoms with E-state index in [1.807, 2.05) is 0 Å². The van der Waals surface area contributed by atoms with E-state index in [1.165, 1.54) is 10.4 Å². The summed E-state index contributed by atoms with van der Waals surface area (Å²) in [5.41, 5.74) is 1.06. The molecule has 1 aromatic carbocycles. The molecule has 0 heterocycles. The highest BCUT2D eigenvalue weighted by Gasteiger charge is 2.17. The molecule has 0 amide bonds. The molecule has 0 unspecified atom stereocenters. The lowest BCUT2D eigenvalue weighted by atomic mass is 10.2. The minimum Gasteiger partial charge on any atom is -0.375 e. The van der Waals surface area contributed by atoms with Gasteiger partial charge in [0.05, 0.1) is 5.69 Å². The molecule has 0 aromatic heterocycles. The maximum Gasteiger partial charge on any atom is 0.279 e. The number of hydrogen-bond acceptors (Lipinski definition) is 3. The molecule has 20 heavy (non-hydrogen) atoms. The predicted octanol–water partition coefficient (Wildman–Crippen LogP) is 1.57. The van der Waals surface area contributed by atoms with Crippen LogP contribution in [0.4, 0.5) is 10.1 Å². The van der Waals surface area contributed by atoms with Crippen molar-refractivity contribution in [1.29, 1.82) is 0 Å². The molecule has 1 N–H and O–H groups in total. The summed E-state index contributed by atoms with van der Waals surface area (Å²) in [6.07, 6.45) is 0. The Hall–Kier alpha value is -1.18. The lowest BCUT2D eigenvalue weighted by Crippen LogP contribution is -2.40. The summed E-state index contributed by atoms with van der Waals surface area (Å²) in [4.78, 5) is 1.67. The van der Waals surface area contributed by atoms with Crippen LogP contribution in [0.3, 0.4) is 0 Å². The fourth-order valence-corrected chi connectivity index (χ4v) is 3.06. The second-order valence-electron chi connectivity index (χ2n) is 4.59. The van der Waals surface area contributed by atoms with E-state index in [2.05, 4.69) is 4.72 Å². The van der Waals surface area contributed by atoms with Crippen LogP contribution in [0.25, 0.3) is 0 Å². The average Bonchev–Trinajstić information content (AvgIpc) is 2.37. The molecule has 0 saturated heterocycles. The van der Waals surface area contributed by atoms with Crippen molar-refractivity contribution in [2.75, 3.05) is 32.1 Å². The average molecular weight is 303 g/mol. The van der Waals surface area contributed by atoms with Crippen molar-refractivity contribution in [2.24, 2.45) is 0 Å². The molecule has 1 aromatic rings. The molecule has 0 spiro atoms. The van der Waals surface area contributed by atoms with E-state index in [0.29, 0.717) is 24.3 Å². The van der Waals surface area contributed by atoms with Gasteiger partial charge in [-0.2, -0.15) is 17.4 Å². The zero-order valence-electron chi connectivity index (χ0n) is 12.4. The topological polar surface area (TPSA) is 52.7 Å². The van der Waals surface area contributed by atoms with Crippen molar-refractivity contribution in [1.82, 2.24) is 9.03 Å². The largest absolute Gasteiger partial charge is 0.375 e. The van der Waals surface area contributed by atoms with E-state index in [9.17, 15) is 12.8 Å². The van der Waals surface area contributed by atoms with E-state index in [0.717, 1.165) is 0 Å². The second-order valence-corrected chi connectivity index (χ2v) is 6.35. The number of nitrogens with one attached hydrogen (secondary N) is 1. The third kappa shape index (κ3) is 4.16. The maximum atomic E-state index is 13.8. The Bertz CT molecular complexity index is 543. The van der Waals surface area contributed by atoms with Crippen LogP contribution in [0, 0.1) is 5.82 Å². The first-order chi connectivity index (χ1) is 9.31. The molecule has 0 atom stereocenters. The van der Waals surface area contributed by atoms with E-state index >= 15 is 0 Å². The van der Waals surface area contributed by atoms with Gasteiger partial charge in [0.1, 0.15) is 5.82 Å². The van der Waals surface area contributed by atoms with Crippen LogP contribution in [0.2, 0.25) is 0 Å². The van der Waals surface area contributed by atoms with Crippen LogP contribution in [0.15, 0.2) is 18.2 Å². The molecule has 0 radical (unpaired) electrons. The highest BCUT2D eigenvalue weighted by Crippen LogP contribution is 2.18. The Morgan fingerprint density at radius 2 is 1.80 bits per heavy atom. The second kappa shape index (κ2) is 7.01. The Morgan fingerprint density at radius 1 is 1.20 bits per heavy atom. The number of hydrogen-bond donors (Lipinski definition) is 1. The van der Waals surface area contributed by atoms with Gasteiger partial charge in [-0.15, -0.1) is 0 Å². The summed E-state index contributed by atoms with van der Waals surface area (Å²) in [6.45, 7) is 4.42. The third-order valence-corrected chi connectivity index (χ3v) is 4.70. The molecule has 0 fully saturated rings. The van der Waals surface area contributed by atoms with Gasteiger partial charge in [0.15, 0.2) is 0 Å². The molecule has 0 aliphatic heterocycles. The number of anilines is 1. The van der Waals surface area contributed by atoms with Gasteiger partial charge >= 0.3 is 0 Å². The van der Waals surface area contributed by atoms with Gasteiger partial charge in [-0.05, 0) is 17.7 Å².